The number of rotatable bonds is 4. The first kappa shape index (κ1) is 15.5. The van der Waals surface area contributed by atoms with Crippen LogP contribution in [0.15, 0.2) is 11.2 Å². The summed E-state index contributed by atoms with van der Waals surface area (Å²) in [6.07, 6.45) is 3.48. The third kappa shape index (κ3) is 2.89. The topological polar surface area (TPSA) is 81.2 Å². The third-order valence-electron chi connectivity index (χ3n) is 4.06. The molecule has 2 unspecified atom stereocenters. The van der Waals surface area contributed by atoms with Gasteiger partial charge in [0.1, 0.15) is 5.82 Å². The molecule has 1 saturated heterocycles. The molecule has 6 nitrogen and oxygen atoms in total. The molecule has 1 aliphatic heterocycles. The first-order valence-corrected chi connectivity index (χ1v) is 8.59. The highest BCUT2D eigenvalue weighted by molar-refractivity contribution is 7.89. The van der Waals surface area contributed by atoms with Gasteiger partial charge in [0.25, 0.3) is 10.0 Å². The molecule has 2 heterocycles. The van der Waals surface area contributed by atoms with Gasteiger partial charge in [-0.1, -0.05) is 0 Å². The fraction of sp³-hybridized carbons (Fsp3) is 0.769. The molecular formula is C13H24N4O2S. The summed E-state index contributed by atoms with van der Waals surface area (Å²) in [6, 6.07) is 0.0166. The molecular weight excluding hydrogens is 276 g/mol. The molecule has 0 aliphatic carbocycles. The van der Waals surface area contributed by atoms with E-state index in [2.05, 4.69) is 4.98 Å². The van der Waals surface area contributed by atoms with Gasteiger partial charge < -0.3 is 10.3 Å². The summed E-state index contributed by atoms with van der Waals surface area (Å²) in [5.41, 5.74) is 5.92. The molecule has 2 atom stereocenters. The molecule has 0 amide bonds. The van der Waals surface area contributed by atoms with E-state index in [0.717, 1.165) is 25.2 Å². The van der Waals surface area contributed by atoms with Crippen molar-refractivity contribution in [1.29, 1.82) is 0 Å². The van der Waals surface area contributed by atoms with E-state index in [9.17, 15) is 8.42 Å². The number of hydrogen-bond donors (Lipinski definition) is 1. The molecule has 0 bridgehead atoms. The van der Waals surface area contributed by atoms with E-state index in [1.165, 1.54) is 4.31 Å². The molecule has 1 aliphatic rings. The molecule has 20 heavy (non-hydrogen) atoms. The lowest BCUT2D eigenvalue weighted by atomic mass is 9.93. The minimum absolute atomic E-state index is 0.0166. The smallest absolute Gasteiger partial charge is 0.262 e. The molecule has 1 aromatic heterocycles. The lowest BCUT2D eigenvalue weighted by molar-refractivity contribution is 0.242. The Balaban J connectivity index is 2.25. The molecule has 1 aromatic rings. The Morgan fingerprint density at radius 1 is 1.55 bits per heavy atom. The molecule has 0 aromatic carbocycles. The predicted octanol–water partition coefficient (Wildman–Crippen LogP) is 0.959. The SMILES string of the molecule is CCn1cc(S(=O)(=O)N2CCCC(C(C)N)C2)nc1C. The highest BCUT2D eigenvalue weighted by Gasteiger charge is 2.33. The number of nitrogens with zero attached hydrogens (tertiary/aromatic N) is 3. The molecule has 2 N–H and O–H groups in total. The summed E-state index contributed by atoms with van der Waals surface area (Å²) in [5, 5.41) is 0.155. The Morgan fingerprint density at radius 3 is 2.80 bits per heavy atom. The van der Waals surface area contributed by atoms with Crippen molar-refractivity contribution in [1.82, 2.24) is 13.9 Å². The third-order valence-corrected chi connectivity index (χ3v) is 5.80. The quantitative estimate of drug-likeness (QED) is 0.898. The highest BCUT2D eigenvalue weighted by Crippen LogP contribution is 2.24. The molecule has 7 heteroatoms. The number of aromatic nitrogens is 2. The fourth-order valence-electron chi connectivity index (χ4n) is 2.68. The number of aryl methyl sites for hydroxylation is 2. The number of hydrogen-bond acceptors (Lipinski definition) is 4. The summed E-state index contributed by atoms with van der Waals surface area (Å²) in [6.45, 7) is 7.51. The van der Waals surface area contributed by atoms with E-state index in [1.54, 1.807) is 6.20 Å². The fourth-order valence-corrected chi connectivity index (χ4v) is 4.21. The number of piperidine rings is 1. The Labute approximate surface area is 121 Å². The van der Waals surface area contributed by atoms with E-state index < -0.39 is 10.0 Å². The standard InChI is InChI=1S/C13H24N4O2S/c1-4-16-9-13(15-11(16)3)20(18,19)17-7-5-6-12(8-17)10(2)14/h9-10,12H,4-8,14H2,1-3H3. The maximum absolute atomic E-state index is 12.6. The van der Waals surface area contributed by atoms with Crippen LogP contribution in [0.3, 0.4) is 0 Å². The van der Waals surface area contributed by atoms with E-state index >= 15 is 0 Å². The molecule has 0 spiro atoms. The zero-order valence-electron chi connectivity index (χ0n) is 12.4. The van der Waals surface area contributed by atoms with Crippen molar-refractivity contribution in [3.8, 4) is 0 Å². The van der Waals surface area contributed by atoms with Crippen molar-refractivity contribution < 1.29 is 8.42 Å². The van der Waals surface area contributed by atoms with Crippen molar-refractivity contribution in [2.24, 2.45) is 11.7 Å². The summed E-state index contributed by atoms with van der Waals surface area (Å²) in [4.78, 5) is 4.20. The van der Waals surface area contributed by atoms with Gasteiger partial charge in [-0.25, -0.2) is 13.4 Å². The maximum atomic E-state index is 12.6. The monoisotopic (exact) mass is 300 g/mol. The summed E-state index contributed by atoms with van der Waals surface area (Å²) < 4.78 is 28.7. The van der Waals surface area contributed by atoms with Crippen LogP contribution in [0.5, 0.6) is 0 Å². The molecule has 0 saturated carbocycles. The predicted molar refractivity (Wildman–Crippen MR) is 77.8 cm³/mol. The second-order valence-electron chi connectivity index (χ2n) is 5.54. The Kier molecular flexibility index (Phi) is 4.51. The Morgan fingerprint density at radius 2 is 2.25 bits per heavy atom. The Hall–Kier alpha value is -0.920. The van der Waals surface area contributed by atoms with Crippen molar-refractivity contribution in [2.45, 2.75) is 51.2 Å². The van der Waals surface area contributed by atoms with Gasteiger partial charge in [-0.2, -0.15) is 4.31 Å². The van der Waals surface area contributed by atoms with Gasteiger partial charge in [0.05, 0.1) is 0 Å². The van der Waals surface area contributed by atoms with Crippen molar-refractivity contribution >= 4 is 10.0 Å². The molecule has 114 valence electrons. The van der Waals surface area contributed by atoms with Gasteiger partial charge in [0.2, 0.25) is 0 Å². The summed E-state index contributed by atoms with van der Waals surface area (Å²) >= 11 is 0. The molecule has 1 fully saturated rings. The highest BCUT2D eigenvalue weighted by atomic mass is 32.2. The number of imidazole rings is 1. The number of nitrogens with two attached hydrogens (primary N) is 1. The van der Waals surface area contributed by atoms with Crippen LogP contribution in [0, 0.1) is 12.8 Å². The normalized spacial score (nSPS) is 22.9. The van der Waals surface area contributed by atoms with Crippen molar-refractivity contribution in [2.75, 3.05) is 13.1 Å². The van der Waals surface area contributed by atoms with Gasteiger partial charge in [-0.05, 0) is 39.5 Å². The second-order valence-corrected chi connectivity index (χ2v) is 7.42. The second kappa shape index (κ2) is 5.83. The van der Waals surface area contributed by atoms with Gasteiger partial charge in [0, 0.05) is 31.9 Å². The van der Waals surface area contributed by atoms with E-state index in [4.69, 9.17) is 5.73 Å². The van der Waals surface area contributed by atoms with Crippen molar-refractivity contribution in [3.63, 3.8) is 0 Å². The number of sulfonamides is 1. The minimum atomic E-state index is -3.49. The lowest BCUT2D eigenvalue weighted by Gasteiger charge is -2.33. The summed E-state index contributed by atoms with van der Waals surface area (Å²) in [7, 11) is -3.49. The summed E-state index contributed by atoms with van der Waals surface area (Å²) in [5.74, 6) is 0.958. The van der Waals surface area contributed by atoms with Crippen LogP contribution < -0.4 is 5.73 Å². The first-order chi connectivity index (χ1) is 9.36. The zero-order valence-corrected chi connectivity index (χ0v) is 13.2. The van der Waals surface area contributed by atoms with E-state index in [-0.39, 0.29) is 17.0 Å². The van der Waals surface area contributed by atoms with Gasteiger partial charge in [0.15, 0.2) is 5.03 Å². The van der Waals surface area contributed by atoms with Crippen LogP contribution >= 0.6 is 0 Å². The average Bonchev–Trinajstić information content (AvgIpc) is 2.81. The van der Waals surface area contributed by atoms with Gasteiger partial charge >= 0.3 is 0 Å². The average molecular weight is 300 g/mol. The van der Waals surface area contributed by atoms with Crippen LogP contribution in [-0.4, -0.2) is 41.4 Å². The van der Waals surface area contributed by atoms with Crippen LogP contribution in [0.4, 0.5) is 0 Å². The van der Waals surface area contributed by atoms with Crippen molar-refractivity contribution in [3.05, 3.63) is 12.0 Å². The van der Waals surface area contributed by atoms with Gasteiger partial charge in [-0.15, -0.1) is 0 Å². The van der Waals surface area contributed by atoms with E-state index in [1.807, 2.05) is 25.3 Å². The maximum Gasteiger partial charge on any atom is 0.262 e. The molecule has 0 radical (unpaired) electrons. The largest absolute Gasteiger partial charge is 0.334 e. The zero-order chi connectivity index (χ0) is 14.9. The van der Waals surface area contributed by atoms with Crippen LogP contribution in [0.2, 0.25) is 0 Å². The van der Waals surface area contributed by atoms with Crippen LogP contribution in [0.1, 0.15) is 32.5 Å². The first-order valence-electron chi connectivity index (χ1n) is 7.15. The van der Waals surface area contributed by atoms with E-state index in [0.29, 0.717) is 13.1 Å². The lowest BCUT2D eigenvalue weighted by Crippen LogP contribution is -2.45. The van der Waals surface area contributed by atoms with Crippen LogP contribution in [0.25, 0.3) is 0 Å². The van der Waals surface area contributed by atoms with Crippen LogP contribution in [-0.2, 0) is 16.6 Å². The van der Waals surface area contributed by atoms with Gasteiger partial charge in [-0.3, -0.25) is 0 Å². The Bertz CT molecular complexity index is 565. The minimum Gasteiger partial charge on any atom is -0.334 e. The molecule has 2 rings (SSSR count).